The molecule has 4 nitrogen and oxygen atoms in total. The van der Waals surface area contributed by atoms with Crippen LogP contribution in [0.15, 0.2) is 24.3 Å². The molecule has 2 fully saturated rings. The maximum absolute atomic E-state index is 13.3. The van der Waals surface area contributed by atoms with Crippen molar-refractivity contribution in [2.45, 2.75) is 44.2 Å². The second-order valence-electron chi connectivity index (χ2n) is 5.96. The molecule has 0 unspecified atom stereocenters. The lowest BCUT2D eigenvalue weighted by Gasteiger charge is -2.35. The summed E-state index contributed by atoms with van der Waals surface area (Å²) in [6.45, 7) is 0.140. The highest BCUT2D eigenvalue weighted by Gasteiger charge is 2.55. The molecule has 0 N–H and O–H groups in total. The van der Waals surface area contributed by atoms with Gasteiger partial charge in [0, 0.05) is 7.05 Å². The SMILES string of the molecule is CN1C(=O)N(Cc2cccc(F)c2)C(=O)C12CCCCC2. The minimum atomic E-state index is -0.664. The maximum Gasteiger partial charge on any atom is 0.327 e. The number of urea groups is 1. The Balaban J connectivity index is 1.86. The van der Waals surface area contributed by atoms with Crippen LogP contribution in [0.2, 0.25) is 0 Å². The van der Waals surface area contributed by atoms with Gasteiger partial charge in [-0.15, -0.1) is 0 Å². The molecule has 0 atom stereocenters. The van der Waals surface area contributed by atoms with Crippen molar-refractivity contribution in [3.63, 3.8) is 0 Å². The van der Waals surface area contributed by atoms with Crippen LogP contribution in [0.25, 0.3) is 0 Å². The lowest BCUT2D eigenvalue weighted by atomic mass is 9.81. The van der Waals surface area contributed by atoms with Gasteiger partial charge in [0.15, 0.2) is 0 Å². The first kappa shape index (κ1) is 14.0. The van der Waals surface area contributed by atoms with Crippen LogP contribution in [0.4, 0.5) is 9.18 Å². The minimum Gasteiger partial charge on any atom is -0.313 e. The van der Waals surface area contributed by atoms with Gasteiger partial charge in [-0.05, 0) is 30.5 Å². The zero-order valence-electron chi connectivity index (χ0n) is 12.1. The van der Waals surface area contributed by atoms with Gasteiger partial charge in [-0.3, -0.25) is 9.69 Å². The van der Waals surface area contributed by atoms with Crippen molar-refractivity contribution in [3.05, 3.63) is 35.6 Å². The lowest BCUT2D eigenvalue weighted by Crippen LogP contribution is -2.49. The van der Waals surface area contributed by atoms with Gasteiger partial charge >= 0.3 is 6.03 Å². The fraction of sp³-hybridized carbons (Fsp3) is 0.500. The zero-order chi connectivity index (χ0) is 15.0. The van der Waals surface area contributed by atoms with Crippen LogP contribution in [-0.2, 0) is 11.3 Å². The standard InChI is InChI=1S/C16H19FN2O2/c1-18-15(21)19(11-12-6-5-7-13(17)10-12)14(20)16(18)8-3-2-4-9-16/h5-7,10H,2-4,8-9,11H2,1H3. The second kappa shape index (κ2) is 5.13. The number of imide groups is 1. The number of carbonyl (C=O) groups excluding carboxylic acids is 2. The Morgan fingerprint density at radius 3 is 2.57 bits per heavy atom. The number of halogens is 1. The van der Waals surface area contributed by atoms with Gasteiger partial charge in [0.05, 0.1) is 6.54 Å². The Labute approximate surface area is 123 Å². The molecule has 0 radical (unpaired) electrons. The van der Waals surface area contributed by atoms with E-state index in [1.54, 1.807) is 24.1 Å². The summed E-state index contributed by atoms with van der Waals surface area (Å²) in [6.07, 6.45) is 4.51. The lowest BCUT2D eigenvalue weighted by molar-refractivity contribution is -0.134. The van der Waals surface area contributed by atoms with E-state index in [4.69, 9.17) is 0 Å². The van der Waals surface area contributed by atoms with Crippen LogP contribution in [-0.4, -0.2) is 34.3 Å². The molecule has 3 amide bonds. The molecule has 1 aliphatic heterocycles. The highest BCUT2D eigenvalue weighted by molar-refractivity contribution is 6.06. The summed E-state index contributed by atoms with van der Waals surface area (Å²) >= 11 is 0. The van der Waals surface area contributed by atoms with Crippen molar-refractivity contribution >= 4 is 11.9 Å². The number of carbonyl (C=O) groups is 2. The monoisotopic (exact) mass is 290 g/mol. The van der Waals surface area contributed by atoms with Crippen molar-refractivity contribution in [2.75, 3.05) is 7.05 Å². The molecule has 1 spiro atoms. The summed E-state index contributed by atoms with van der Waals surface area (Å²) in [5.41, 5.74) is -0.0270. The topological polar surface area (TPSA) is 40.6 Å². The zero-order valence-corrected chi connectivity index (χ0v) is 12.1. The number of likely N-dealkylation sites (N-methyl/N-ethyl adjacent to an activating group) is 1. The molecule has 1 aromatic carbocycles. The van der Waals surface area contributed by atoms with Gasteiger partial charge in [0.25, 0.3) is 5.91 Å². The summed E-state index contributed by atoms with van der Waals surface area (Å²) in [5, 5.41) is 0. The third kappa shape index (κ3) is 2.20. The summed E-state index contributed by atoms with van der Waals surface area (Å²) in [7, 11) is 1.71. The first-order valence-corrected chi connectivity index (χ1v) is 7.39. The number of hydrogen-bond donors (Lipinski definition) is 0. The van der Waals surface area contributed by atoms with E-state index in [0.717, 1.165) is 32.1 Å². The predicted octanol–water partition coefficient (Wildman–Crippen LogP) is 2.92. The molecule has 1 saturated carbocycles. The highest BCUT2D eigenvalue weighted by atomic mass is 19.1. The highest BCUT2D eigenvalue weighted by Crippen LogP contribution is 2.39. The van der Waals surface area contributed by atoms with E-state index >= 15 is 0 Å². The third-order valence-corrected chi connectivity index (χ3v) is 4.71. The van der Waals surface area contributed by atoms with Gasteiger partial charge in [-0.25, -0.2) is 9.18 Å². The quantitative estimate of drug-likeness (QED) is 0.786. The molecular weight excluding hydrogens is 271 g/mol. The van der Waals surface area contributed by atoms with Gasteiger partial charge in [-0.2, -0.15) is 0 Å². The molecule has 1 saturated heterocycles. The number of hydrogen-bond acceptors (Lipinski definition) is 2. The molecule has 3 rings (SSSR count). The summed E-state index contributed by atoms with van der Waals surface area (Å²) in [6, 6.07) is 5.77. The fourth-order valence-corrected chi connectivity index (χ4v) is 3.49. The Morgan fingerprint density at radius 1 is 1.19 bits per heavy atom. The molecule has 2 aliphatic rings. The van der Waals surface area contributed by atoms with Crippen LogP contribution >= 0.6 is 0 Å². The van der Waals surface area contributed by atoms with Gasteiger partial charge in [0.1, 0.15) is 11.4 Å². The van der Waals surface area contributed by atoms with Crippen molar-refractivity contribution in [1.29, 1.82) is 0 Å². The van der Waals surface area contributed by atoms with Crippen LogP contribution in [0.5, 0.6) is 0 Å². The molecule has 1 aromatic rings. The van der Waals surface area contributed by atoms with E-state index < -0.39 is 5.54 Å². The second-order valence-corrected chi connectivity index (χ2v) is 5.96. The van der Waals surface area contributed by atoms with Crippen LogP contribution < -0.4 is 0 Å². The van der Waals surface area contributed by atoms with Crippen molar-refractivity contribution < 1.29 is 14.0 Å². The molecule has 1 heterocycles. The average molecular weight is 290 g/mol. The number of amides is 3. The van der Waals surface area contributed by atoms with E-state index in [1.807, 2.05) is 0 Å². The molecule has 112 valence electrons. The Morgan fingerprint density at radius 2 is 1.90 bits per heavy atom. The van der Waals surface area contributed by atoms with Crippen molar-refractivity contribution in [2.24, 2.45) is 0 Å². The van der Waals surface area contributed by atoms with E-state index in [0.29, 0.717) is 5.56 Å². The Bertz CT molecular complexity index is 581. The van der Waals surface area contributed by atoms with Crippen LogP contribution in [0.1, 0.15) is 37.7 Å². The van der Waals surface area contributed by atoms with Crippen molar-refractivity contribution in [1.82, 2.24) is 9.80 Å². The van der Waals surface area contributed by atoms with Crippen molar-refractivity contribution in [3.8, 4) is 0 Å². The number of nitrogens with zero attached hydrogens (tertiary/aromatic N) is 2. The first-order chi connectivity index (χ1) is 10.0. The third-order valence-electron chi connectivity index (χ3n) is 4.71. The fourth-order valence-electron chi connectivity index (χ4n) is 3.49. The van der Waals surface area contributed by atoms with Crippen LogP contribution in [0, 0.1) is 5.82 Å². The van der Waals surface area contributed by atoms with E-state index in [-0.39, 0.29) is 24.3 Å². The first-order valence-electron chi connectivity index (χ1n) is 7.39. The predicted molar refractivity (Wildman–Crippen MR) is 75.9 cm³/mol. The Kier molecular flexibility index (Phi) is 3.43. The number of benzene rings is 1. The molecule has 0 aromatic heterocycles. The molecule has 21 heavy (non-hydrogen) atoms. The molecular formula is C16H19FN2O2. The van der Waals surface area contributed by atoms with E-state index in [9.17, 15) is 14.0 Å². The average Bonchev–Trinajstić information content (AvgIpc) is 2.65. The van der Waals surface area contributed by atoms with Crippen LogP contribution in [0.3, 0.4) is 0 Å². The van der Waals surface area contributed by atoms with E-state index in [2.05, 4.69) is 0 Å². The molecule has 0 bridgehead atoms. The number of rotatable bonds is 2. The molecule has 1 aliphatic carbocycles. The normalized spacial score (nSPS) is 21.4. The smallest absolute Gasteiger partial charge is 0.313 e. The van der Waals surface area contributed by atoms with Gasteiger partial charge in [0.2, 0.25) is 0 Å². The summed E-state index contributed by atoms with van der Waals surface area (Å²) in [4.78, 5) is 28.0. The minimum absolute atomic E-state index is 0.126. The van der Waals surface area contributed by atoms with E-state index in [1.165, 1.54) is 17.0 Å². The van der Waals surface area contributed by atoms with Gasteiger partial charge in [-0.1, -0.05) is 31.4 Å². The Hall–Kier alpha value is -1.91. The summed E-state index contributed by atoms with van der Waals surface area (Å²) in [5.74, 6) is -0.480. The maximum atomic E-state index is 13.3. The van der Waals surface area contributed by atoms with Gasteiger partial charge < -0.3 is 4.90 Å². The molecule has 5 heteroatoms. The largest absolute Gasteiger partial charge is 0.327 e. The summed E-state index contributed by atoms with van der Waals surface area (Å²) < 4.78 is 13.3.